The minimum atomic E-state index is -0.716. The van der Waals surface area contributed by atoms with Gasteiger partial charge in [-0.1, -0.05) is 31.5 Å². The van der Waals surface area contributed by atoms with E-state index < -0.39 is 17.7 Å². The van der Waals surface area contributed by atoms with E-state index in [9.17, 15) is 19.8 Å². The minimum Gasteiger partial charge on any atom is -0.506 e. The Kier molecular flexibility index (Phi) is 6.31. The van der Waals surface area contributed by atoms with Crippen LogP contribution < -0.4 is 0 Å². The average molecular weight is 381 g/mol. The van der Waals surface area contributed by atoms with Crippen LogP contribution in [-0.4, -0.2) is 58.9 Å². The predicted octanol–water partition coefficient (Wildman–Crippen LogP) is 2.92. The molecule has 1 amide bonds. The minimum absolute atomic E-state index is 0.0807. The molecule has 1 atom stereocenters. The van der Waals surface area contributed by atoms with E-state index in [1.807, 2.05) is 32.8 Å². The van der Waals surface area contributed by atoms with Gasteiger partial charge in [-0.25, -0.2) is 0 Å². The first kappa shape index (κ1) is 20.3. The van der Waals surface area contributed by atoms with E-state index in [0.29, 0.717) is 18.7 Å². The summed E-state index contributed by atoms with van der Waals surface area (Å²) in [5, 5.41) is 20.2. The highest BCUT2D eigenvalue weighted by Crippen LogP contribution is 2.40. The van der Waals surface area contributed by atoms with Gasteiger partial charge >= 0.3 is 0 Å². The van der Waals surface area contributed by atoms with Crippen molar-refractivity contribution >= 4 is 23.3 Å². The van der Waals surface area contributed by atoms with Crippen LogP contribution in [0, 0.1) is 5.92 Å². The molecule has 142 valence electrons. The molecule has 6 nitrogen and oxygen atoms in total. The Bertz CT molecular complexity index is 743. The standard InChI is InChI=1S/C19H25ClN2O4/c1-11(2)9-15(24)16-17(12-5-6-14(23)13(20)10-12)22(8-7-21(3)4)19(26)18(16)25/h5-6,10-11,17,23,25H,7-9H2,1-4H3. The normalized spacial score (nSPS) is 17.7. The fourth-order valence-corrected chi connectivity index (χ4v) is 3.19. The number of Topliss-reactive ketones (excluding diaryl/α,β-unsaturated/α-hetero) is 1. The summed E-state index contributed by atoms with van der Waals surface area (Å²) in [5.74, 6) is -1.30. The number of hydrogen-bond acceptors (Lipinski definition) is 5. The maximum Gasteiger partial charge on any atom is 0.290 e. The molecular formula is C19H25ClN2O4. The number of hydrogen-bond donors (Lipinski definition) is 2. The zero-order valence-electron chi connectivity index (χ0n) is 15.5. The first-order chi connectivity index (χ1) is 12.1. The van der Waals surface area contributed by atoms with Gasteiger partial charge in [-0.15, -0.1) is 0 Å². The summed E-state index contributed by atoms with van der Waals surface area (Å²) in [4.78, 5) is 28.8. The van der Waals surface area contributed by atoms with E-state index in [-0.39, 0.29) is 34.5 Å². The van der Waals surface area contributed by atoms with Gasteiger partial charge in [0.25, 0.3) is 5.91 Å². The molecule has 7 heteroatoms. The van der Waals surface area contributed by atoms with Crippen molar-refractivity contribution in [2.75, 3.05) is 27.2 Å². The van der Waals surface area contributed by atoms with Gasteiger partial charge in [0, 0.05) is 19.5 Å². The Morgan fingerprint density at radius 2 is 1.96 bits per heavy atom. The van der Waals surface area contributed by atoms with Crippen LogP contribution in [0.2, 0.25) is 5.02 Å². The van der Waals surface area contributed by atoms with Gasteiger partial charge in [0.15, 0.2) is 11.5 Å². The van der Waals surface area contributed by atoms with Gasteiger partial charge in [0.2, 0.25) is 0 Å². The molecule has 1 heterocycles. The SMILES string of the molecule is CC(C)CC(=O)C1=C(O)C(=O)N(CCN(C)C)C1c1ccc(O)c(Cl)c1. The summed E-state index contributed by atoms with van der Waals surface area (Å²) in [6.45, 7) is 4.73. The topological polar surface area (TPSA) is 81.1 Å². The summed E-state index contributed by atoms with van der Waals surface area (Å²) in [7, 11) is 3.76. The van der Waals surface area contributed by atoms with E-state index in [0.717, 1.165) is 0 Å². The maximum absolute atomic E-state index is 12.7. The highest BCUT2D eigenvalue weighted by atomic mass is 35.5. The third-order valence-electron chi connectivity index (χ3n) is 4.27. The van der Waals surface area contributed by atoms with Crippen molar-refractivity contribution in [2.45, 2.75) is 26.3 Å². The number of likely N-dealkylation sites (N-methyl/N-ethyl adjacent to an activating group) is 1. The molecule has 1 aromatic rings. The van der Waals surface area contributed by atoms with Crippen LogP contribution in [0.1, 0.15) is 31.9 Å². The van der Waals surface area contributed by atoms with E-state index in [1.165, 1.54) is 17.0 Å². The molecule has 26 heavy (non-hydrogen) atoms. The Morgan fingerprint density at radius 1 is 1.31 bits per heavy atom. The first-order valence-corrected chi connectivity index (χ1v) is 8.91. The second kappa shape index (κ2) is 8.10. The van der Waals surface area contributed by atoms with Gasteiger partial charge in [0.05, 0.1) is 16.6 Å². The second-order valence-electron chi connectivity index (χ2n) is 7.20. The molecule has 0 aliphatic carbocycles. The molecular weight excluding hydrogens is 356 g/mol. The van der Waals surface area contributed by atoms with E-state index in [1.54, 1.807) is 6.07 Å². The smallest absolute Gasteiger partial charge is 0.290 e. The number of nitrogens with zero attached hydrogens (tertiary/aromatic N) is 2. The van der Waals surface area contributed by atoms with Crippen LogP contribution >= 0.6 is 11.6 Å². The molecule has 2 N–H and O–H groups in total. The van der Waals surface area contributed by atoms with Crippen LogP contribution in [0.25, 0.3) is 0 Å². The van der Waals surface area contributed by atoms with Gasteiger partial charge in [0.1, 0.15) is 5.75 Å². The van der Waals surface area contributed by atoms with Crippen LogP contribution in [0.4, 0.5) is 0 Å². The van der Waals surface area contributed by atoms with Crippen molar-refractivity contribution in [3.05, 3.63) is 40.1 Å². The number of aliphatic hydroxyl groups is 1. The van der Waals surface area contributed by atoms with E-state index in [2.05, 4.69) is 0 Å². The highest BCUT2D eigenvalue weighted by molar-refractivity contribution is 6.32. The molecule has 1 unspecified atom stereocenters. The number of aromatic hydroxyl groups is 1. The van der Waals surface area contributed by atoms with Gasteiger partial charge in [-0.2, -0.15) is 0 Å². The highest BCUT2D eigenvalue weighted by Gasteiger charge is 2.43. The van der Waals surface area contributed by atoms with Crippen molar-refractivity contribution in [1.29, 1.82) is 0 Å². The maximum atomic E-state index is 12.7. The average Bonchev–Trinajstić information content (AvgIpc) is 2.79. The fraction of sp³-hybridized carbons (Fsp3) is 0.474. The zero-order valence-corrected chi connectivity index (χ0v) is 16.2. The van der Waals surface area contributed by atoms with Crippen molar-refractivity contribution in [3.63, 3.8) is 0 Å². The number of phenols is 1. The summed E-state index contributed by atoms with van der Waals surface area (Å²) >= 11 is 6.03. The third-order valence-corrected chi connectivity index (χ3v) is 4.58. The second-order valence-corrected chi connectivity index (χ2v) is 7.61. The molecule has 0 aromatic heterocycles. The van der Waals surface area contributed by atoms with Crippen molar-refractivity contribution in [3.8, 4) is 5.75 Å². The number of carbonyl (C=O) groups is 2. The van der Waals surface area contributed by atoms with Crippen molar-refractivity contribution in [2.24, 2.45) is 5.92 Å². The molecule has 0 fully saturated rings. The number of phenolic OH excluding ortho intramolecular Hbond substituents is 1. The van der Waals surface area contributed by atoms with Crippen molar-refractivity contribution < 1.29 is 19.8 Å². The Morgan fingerprint density at radius 3 is 2.50 bits per heavy atom. The van der Waals surface area contributed by atoms with Gasteiger partial charge in [-0.05, 0) is 37.7 Å². The van der Waals surface area contributed by atoms with Crippen LogP contribution in [-0.2, 0) is 9.59 Å². The molecule has 0 spiro atoms. The van der Waals surface area contributed by atoms with Crippen LogP contribution in [0.3, 0.4) is 0 Å². The number of halogens is 1. The van der Waals surface area contributed by atoms with E-state index in [4.69, 9.17) is 11.6 Å². The largest absolute Gasteiger partial charge is 0.506 e. The van der Waals surface area contributed by atoms with Crippen molar-refractivity contribution in [1.82, 2.24) is 9.80 Å². The van der Waals surface area contributed by atoms with Gasteiger partial charge < -0.3 is 20.0 Å². The Balaban J connectivity index is 2.49. The molecule has 0 bridgehead atoms. The lowest BCUT2D eigenvalue weighted by molar-refractivity contribution is -0.129. The molecule has 0 radical (unpaired) electrons. The van der Waals surface area contributed by atoms with Crippen LogP contribution in [0.15, 0.2) is 29.5 Å². The monoisotopic (exact) mass is 380 g/mol. The number of benzene rings is 1. The molecule has 0 saturated carbocycles. The number of carbonyl (C=O) groups excluding carboxylic acids is 2. The lowest BCUT2D eigenvalue weighted by Gasteiger charge is -2.28. The van der Waals surface area contributed by atoms with Gasteiger partial charge in [-0.3, -0.25) is 9.59 Å². The number of rotatable bonds is 7. The molecule has 0 saturated heterocycles. The molecule has 1 aliphatic rings. The fourth-order valence-electron chi connectivity index (χ4n) is 3.00. The number of amides is 1. The molecule has 1 aromatic carbocycles. The third kappa shape index (κ3) is 4.19. The molecule has 1 aliphatic heterocycles. The Labute approximate surface area is 158 Å². The summed E-state index contributed by atoms with van der Waals surface area (Å²) in [6.07, 6.45) is 0.233. The summed E-state index contributed by atoms with van der Waals surface area (Å²) in [6, 6.07) is 3.85. The lowest BCUT2D eigenvalue weighted by Crippen LogP contribution is -2.36. The van der Waals surface area contributed by atoms with E-state index >= 15 is 0 Å². The predicted molar refractivity (Wildman–Crippen MR) is 100 cm³/mol. The summed E-state index contributed by atoms with van der Waals surface area (Å²) in [5.41, 5.74) is 0.681. The number of aliphatic hydroxyl groups excluding tert-OH is 1. The summed E-state index contributed by atoms with van der Waals surface area (Å²) < 4.78 is 0. The first-order valence-electron chi connectivity index (χ1n) is 8.54. The zero-order chi connectivity index (χ0) is 19.6. The lowest BCUT2D eigenvalue weighted by atomic mass is 9.92. The molecule has 2 rings (SSSR count). The Hall–Kier alpha value is -2.05. The number of ketones is 1. The quantitative estimate of drug-likeness (QED) is 0.760. The van der Waals surface area contributed by atoms with Crippen LogP contribution in [0.5, 0.6) is 5.75 Å².